The van der Waals surface area contributed by atoms with Crippen molar-refractivity contribution in [3.63, 3.8) is 0 Å². The van der Waals surface area contributed by atoms with E-state index in [4.69, 9.17) is 15.9 Å². The Kier molecular flexibility index (Phi) is 5.63. The minimum Gasteiger partial charge on any atom is -0.489 e. The molecule has 0 fully saturated rings. The van der Waals surface area contributed by atoms with Crippen LogP contribution in [0.4, 0.5) is 11.4 Å². The van der Waals surface area contributed by atoms with Gasteiger partial charge in [0, 0.05) is 11.1 Å². The fraction of sp³-hybridized carbons (Fsp3) is 0.105. The molecule has 0 radical (unpaired) electrons. The summed E-state index contributed by atoms with van der Waals surface area (Å²) in [6.45, 7) is 0.552. The number of rotatable bonds is 7. The lowest BCUT2D eigenvalue weighted by atomic mass is 10.2. The Morgan fingerprint density at radius 1 is 1.16 bits per heavy atom. The van der Waals surface area contributed by atoms with Crippen LogP contribution in [0.1, 0.15) is 10.4 Å². The molecule has 4 N–H and O–H groups in total. The van der Waals surface area contributed by atoms with Crippen LogP contribution in [0, 0.1) is 5.41 Å². The van der Waals surface area contributed by atoms with Gasteiger partial charge in [-0.25, -0.2) is 0 Å². The Morgan fingerprint density at radius 3 is 2.52 bits per heavy atom. The maximum absolute atomic E-state index is 7.65. The summed E-state index contributed by atoms with van der Waals surface area (Å²) in [4.78, 5) is 1.81. The lowest BCUT2D eigenvalue weighted by Gasteiger charge is -2.10. The van der Waals surface area contributed by atoms with Crippen LogP contribution < -0.4 is 15.8 Å². The molecule has 0 atom stereocenters. The fourth-order valence-electron chi connectivity index (χ4n) is 2.35. The van der Waals surface area contributed by atoms with E-state index in [2.05, 4.69) is 5.32 Å². The molecular formula is C19H19N3OS2. The zero-order valence-electron chi connectivity index (χ0n) is 13.8. The van der Waals surface area contributed by atoms with Gasteiger partial charge in [0.05, 0.1) is 15.5 Å². The molecule has 4 nitrogen and oxygen atoms in total. The predicted octanol–water partition coefficient (Wildman–Crippen LogP) is 5.08. The Bertz CT molecular complexity index is 845. The van der Waals surface area contributed by atoms with Gasteiger partial charge >= 0.3 is 0 Å². The van der Waals surface area contributed by atoms with E-state index in [-0.39, 0.29) is 5.84 Å². The van der Waals surface area contributed by atoms with Gasteiger partial charge in [-0.15, -0.1) is 23.1 Å². The number of nitrogens with one attached hydrogen (secondary N) is 2. The van der Waals surface area contributed by atoms with Gasteiger partial charge in [0.2, 0.25) is 0 Å². The second-order valence-electron chi connectivity index (χ2n) is 5.35. The van der Waals surface area contributed by atoms with Gasteiger partial charge in [0.1, 0.15) is 18.2 Å². The molecule has 0 spiro atoms. The van der Waals surface area contributed by atoms with Crippen molar-refractivity contribution in [3.05, 3.63) is 70.4 Å². The second-order valence-corrected chi connectivity index (χ2v) is 7.05. The minimum absolute atomic E-state index is 0.104. The first-order valence-electron chi connectivity index (χ1n) is 7.71. The lowest BCUT2D eigenvalue weighted by molar-refractivity contribution is 0.306. The number of amidine groups is 1. The Hall–Kier alpha value is -2.44. The van der Waals surface area contributed by atoms with E-state index in [1.807, 2.05) is 66.2 Å². The van der Waals surface area contributed by atoms with Crippen LogP contribution in [0.15, 0.2) is 64.9 Å². The Morgan fingerprint density at radius 2 is 1.88 bits per heavy atom. The van der Waals surface area contributed by atoms with Crippen LogP contribution in [0.3, 0.4) is 0 Å². The van der Waals surface area contributed by atoms with Crippen molar-refractivity contribution in [1.29, 1.82) is 5.41 Å². The highest BCUT2D eigenvalue weighted by atomic mass is 32.2. The standard InChI is InChI=1S/C19H19N3OS2/c1-24-17-16(12-25-18(17)19(20)21)22-14-7-9-15(10-8-14)23-11-13-5-3-2-4-6-13/h2-10,12,22H,11H2,1H3,(H3,20,21). The smallest absolute Gasteiger partial charge is 0.134 e. The van der Waals surface area contributed by atoms with E-state index in [9.17, 15) is 0 Å². The molecule has 0 unspecified atom stereocenters. The zero-order chi connectivity index (χ0) is 17.6. The lowest BCUT2D eigenvalue weighted by Crippen LogP contribution is -2.10. The third kappa shape index (κ3) is 4.35. The Labute approximate surface area is 155 Å². The summed E-state index contributed by atoms with van der Waals surface area (Å²) in [5.74, 6) is 0.932. The molecule has 0 aliphatic carbocycles. The van der Waals surface area contributed by atoms with Gasteiger partial charge in [-0.3, -0.25) is 5.41 Å². The van der Waals surface area contributed by atoms with Gasteiger partial charge in [-0.05, 0) is 36.1 Å². The highest BCUT2D eigenvalue weighted by Crippen LogP contribution is 2.36. The first-order chi connectivity index (χ1) is 12.2. The molecule has 1 aromatic heterocycles. The normalized spacial score (nSPS) is 10.4. The summed E-state index contributed by atoms with van der Waals surface area (Å²) in [5, 5.41) is 13.0. The quantitative estimate of drug-likeness (QED) is 0.309. The monoisotopic (exact) mass is 369 g/mol. The molecule has 25 heavy (non-hydrogen) atoms. The fourth-order valence-corrected chi connectivity index (χ4v) is 4.20. The third-order valence-corrected chi connectivity index (χ3v) is 5.55. The number of anilines is 2. The topological polar surface area (TPSA) is 71.1 Å². The average Bonchev–Trinajstić information content (AvgIpc) is 3.05. The number of hydrogen-bond acceptors (Lipinski definition) is 5. The van der Waals surface area contributed by atoms with Crippen molar-refractivity contribution in [1.82, 2.24) is 0 Å². The summed E-state index contributed by atoms with van der Waals surface area (Å²) < 4.78 is 5.80. The van der Waals surface area contributed by atoms with Gasteiger partial charge in [0.15, 0.2) is 0 Å². The van der Waals surface area contributed by atoms with Gasteiger partial charge in [-0.2, -0.15) is 0 Å². The number of thioether (sulfide) groups is 1. The molecule has 3 aromatic rings. The van der Waals surface area contributed by atoms with E-state index >= 15 is 0 Å². The van der Waals surface area contributed by atoms with E-state index in [0.29, 0.717) is 6.61 Å². The summed E-state index contributed by atoms with van der Waals surface area (Å²) in [6, 6.07) is 18.0. The van der Waals surface area contributed by atoms with E-state index in [0.717, 1.165) is 32.5 Å². The van der Waals surface area contributed by atoms with Crippen LogP contribution in [-0.2, 0) is 6.61 Å². The molecular weight excluding hydrogens is 350 g/mol. The molecule has 2 aromatic carbocycles. The zero-order valence-corrected chi connectivity index (χ0v) is 15.4. The highest BCUT2D eigenvalue weighted by molar-refractivity contribution is 7.99. The first kappa shape index (κ1) is 17.4. The van der Waals surface area contributed by atoms with Crippen LogP contribution in [0.2, 0.25) is 0 Å². The van der Waals surface area contributed by atoms with E-state index in [1.165, 1.54) is 11.3 Å². The third-order valence-electron chi connectivity index (χ3n) is 3.58. The molecule has 1 heterocycles. The average molecular weight is 370 g/mol. The minimum atomic E-state index is 0.104. The molecule has 0 saturated carbocycles. The van der Waals surface area contributed by atoms with Crippen LogP contribution >= 0.6 is 23.1 Å². The summed E-state index contributed by atoms with van der Waals surface area (Å²) in [6.07, 6.45) is 1.99. The summed E-state index contributed by atoms with van der Waals surface area (Å²) >= 11 is 3.07. The van der Waals surface area contributed by atoms with Gasteiger partial charge in [0.25, 0.3) is 0 Å². The first-order valence-corrected chi connectivity index (χ1v) is 9.81. The van der Waals surface area contributed by atoms with Gasteiger partial charge < -0.3 is 15.8 Å². The molecule has 0 bridgehead atoms. The predicted molar refractivity (Wildman–Crippen MR) is 108 cm³/mol. The SMILES string of the molecule is CSc1c(Nc2ccc(OCc3ccccc3)cc2)csc1C(=N)N. The number of ether oxygens (including phenoxy) is 1. The molecule has 3 rings (SSSR count). The van der Waals surface area contributed by atoms with Crippen LogP contribution in [0.5, 0.6) is 5.75 Å². The van der Waals surface area contributed by atoms with Crippen molar-refractivity contribution in [2.24, 2.45) is 5.73 Å². The number of hydrogen-bond donors (Lipinski definition) is 3. The molecule has 6 heteroatoms. The number of nitrogen functional groups attached to an aromatic ring is 1. The number of benzene rings is 2. The molecule has 0 aliphatic heterocycles. The Balaban J connectivity index is 1.66. The summed E-state index contributed by atoms with van der Waals surface area (Å²) in [7, 11) is 0. The largest absolute Gasteiger partial charge is 0.489 e. The summed E-state index contributed by atoms with van der Waals surface area (Å²) in [5.41, 5.74) is 8.72. The highest BCUT2D eigenvalue weighted by Gasteiger charge is 2.13. The molecule has 128 valence electrons. The van der Waals surface area contributed by atoms with Crippen molar-refractivity contribution < 1.29 is 4.74 Å². The molecule has 0 amide bonds. The molecule has 0 aliphatic rings. The number of nitrogens with two attached hydrogens (primary N) is 1. The maximum atomic E-state index is 7.65. The van der Waals surface area contributed by atoms with E-state index in [1.54, 1.807) is 11.8 Å². The van der Waals surface area contributed by atoms with Crippen molar-refractivity contribution >= 4 is 40.3 Å². The maximum Gasteiger partial charge on any atom is 0.134 e. The van der Waals surface area contributed by atoms with Crippen LogP contribution in [0.25, 0.3) is 0 Å². The van der Waals surface area contributed by atoms with Crippen LogP contribution in [-0.4, -0.2) is 12.1 Å². The van der Waals surface area contributed by atoms with Gasteiger partial charge in [-0.1, -0.05) is 30.3 Å². The van der Waals surface area contributed by atoms with E-state index < -0.39 is 0 Å². The van der Waals surface area contributed by atoms with Crippen molar-refractivity contribution in [2.75, 3.05) is 11.6 Å². The number of thiophene rings is 1. The van der Waals surface area contributed by atoms with Crippen molar-refractivity contribution in [2.45, 2.75) is 11.5 Å². The second kappa shape index (κ2) is 8.09. The van der Waals surface area contributed by atoms with Crippen molar-refractivity contribution in [3.8, 4) is 5.75 Å². The molecule has 0 saturated heterocycles.